The highest BCUT2D eigenvalue weighted by atomic mass is 19.1. The molecule has 0 saturated carbocycles. The van der Waals surface area contributed by atoms with Gasteiger partial charge in [-0.1, -0.05) is 24.6 Å². The first-order valence-corrected chi connectivity index (χ1v) is 4.49. The maximum absolute atomic E-state index is 12.8. The average Bonchev–Trinajstić information content (AvgIpc) is 2.03. The maximum Gasteiger partial charge on any atom is 0.123 e. The molecule has 0 aliphatic heterocycles. The van der Waals surface area contributed by atoms with E-state index in [0.29, 0.717) is 5.92 Å². The topological polar surface area (TPSA) is 0 Å². The van der Waals surface area contributed by atoms with Gasteiger partial charge in [0.2, 0.25) is 0 Å². The van der Waals surface area contributed by atoms with Crippen LogP contribution in [-0.4, -0.2) is 0 Å². The van der Waals surface area contributed by atoms with Gasteiger partial charge in [-0.15, -0.1) is 6.58 Å². The van der Waals surface area contributed by atoms with Crippen molar-refractivity contribution in [3.05, 3.63) is 47.8 Å². The lowest BCUT2D eigenvalue weighted by Crippen LogP contribution is -1.94. The summed E-state index contributed by atoms with van der Waals surface area (Å²) in [7, 11) is 0. The van der Waals surface area contributed by atoms with Crippen LogP contribution >= 0.6 is 0 Å². The van der Waals surface area contributed by atoms with Gasteiger partial charge in [-0.05, 0) is 37.0 Å². The van der Waals surface area contributed by atoms with E-state index in [1.54, 1.807) is 12.1 Å². The van der Waals surface area contributed by atoms with Crippen LogP contribution in [0.2, 0.25) is 0 Å². The Morgan fingerprint density at radius 3 is 2.77 bits per heavy atom. The van der Waals surface area contributed by atoms with Gasteiger partial charge in [0.15, 0.2) is 0 Å². The van der Waals surface area contributed by atoms with E-state index < -0.39 is 0 Å². The highest BCUT2D eigenvalue weighted by Crippen LogP contribution is 2.22. The van der Waals surface area contributed by atoms with Crippen LogP contribution in [0.15, 0.2) is 36.4 Å². The average molecular weight is 178 g/mol. The van der Waals surface area contributed by atoms with Crippen molar-refractivity contribution in [2.24, 2.45) is 0 Å². The Morgan fingerprint density at radius 2 is 2.23 bits per heavy atom. The van der Waals surface area contributed by atoms with Crippen LogP contribution in [-0.2, 0) is 0 Å². The zero-order chi connectivity index (χ0) is 9.84. The Hall–Kier alpha value is -1.11. The Balaban J connectivity index is 2.76. The molecular weight excluding hydrogens is 163 g/mol. The molecule has 70 valence electrons. The largest absolute Gasteiger partial charge is 0.207 e. The summed E-state index contributed by atoms with van der Waals surface area (Å²) >= 11 is 0. The van der Waals surface area contributed by atoms with Crippen LogP contribution in [0.1, 0.15) is 31.7 Å². The summed E-state index contributed by atoms with van der Waals surface area (Å²) in [5.41, 5.74) is 2.18. The molecule has 0 N–H and O–H groups in total. The number of hydrogen-bond donors (Lipinski definition) is 0. The molecule has 0 amide bonds. The number of benzene rings is 1. The highest BCUT2D eigenvalue weighted by Gasteiger charge is 2.05. The second-order valence-electron chi connectivity index (χ2n) is 3.62. The van der Waals surface area contributed by atoms with Crippen LogP contribution in [0.25, 0.3) is 0 Å². The zero-order valence-corrected chi connectivity index (χ0v) is 8.18. The molecule has 0 heterocycles. The van der Waals surface area contributed by atoms with E-state index in [0.717, 1.165) is 17.6 Å². The number of rotatable bonds is 3. The smallest absolute Gasteiger partial charge is 0.123 e. The fraction of sp³-hybridized carbons (Fsp3) is 0.333. The first-order chi connectivity index (χ1) is 6.09. The predicted octanol–water partition coefficient (Wildman–Crippen LogP) is 3.90. The third kappa shape index (κ3) is 3.02. The Morgan fingerprint density at radius 1 is 1.54 bits per heavy atom. The minimum Gasteiger partial charge on any atom is -0.207 e. The molecule has 0 aliphatic carbocycles. The minimum atomic E-state index is -0.161. The molecule has 1 aromatic rings. The summed E-state index contributed by atoms with van der Waals surface area (Å²) in [5, 5.41) is 0. The van der Waals surface area contributed by atoms with Crippen LogP contribution in [0, 0.1) is 5.82 Å². The molecule has 1 atom stereocenters. The molecule has 0 fully saturated rings. The fourth-order valence-electron chi connectivity index (χ4n) is 1.45. The number of allylic oxidation sites excluding steroid dienone is 1. The van der Waals surface area contributed by atoms with Crippen LogP contribution in [0.5, 0.6) is 0 Å². The highest BCUT2D eigenvalue weighted by molar-refractivity contribution is 5.21. The summed E-state index contributed by atoms with van der Waals surface area (Å²) in [6, 6.07) is 6.76. The van der Waals surface area contributed by atoms with Crippen molar-refractivity contribution in [1.29, 1.82) is 0 Å². The second kappa shape index (κ2) is 4.22. The molecule has 1 rings (SSSR count). The molecule has 1 unspecified atom stereocenters. The Labute approximate surface area is 79.1 Å². The Bertz CT molecular complexity index is 302. The predicted molar refractivity (Wildman–Crippen MR) is 54.2 cm³/mol. The van der Waals surface area contributed by atoms with Gasteiger partial charge >= 0.3 is 0 Å². The molecular formula is C12H15F. The molecule has 0 aromatic heterocycles. The summed E-state index contributed by atoms with van der Waals surface area (Å²) in [6.07, 6.45) is 0.920. The van der Waals surface area contributed by atoms with Crippen molar-refractivity contribution in [2.45, 2.75) is 26.2 Å². The van der Waals surface area contributed by atoms with Gasteiger partial charge in [-0.3, -0.25) is 0 Å². The van der Waals surface area contributed by atoms with Gasteiger partial charge in [-0.2, -0.15) is 0 Å². The van der Waals surface area contributed by atoms with Crippen molar-refractivity contribution >= 4 is 0 Å². The van der Waals surface area contributed by atoms with Crippen molar-refractivity contribution in [1.82, 2.24) is 0 Å². The zero-order valence-electron chi connectivity index (χ0n) is 8.18. The van der Waals surface area contributed by atoms with Gasteiger partial charge < -0.3 is 0 Å². The molecule has 0 saturated heterocycles. The van der Waals surface area contributed by atoms with E-state index in [-0.39, 0.29) is 5.82 Å². The first kappa shape index (κ1) is 9.97. The lowest BCUT2D eigenvalue weighted by molar-refractivity contribution is 0.620. The SMILES string of the molecule is C=C(C)CC(C)c1cccc(F)c1. The van der Waals surface area contributed by atoms with Crippen LogP contribution in [0.3, 0.4) is 0 Å². The van der Waals surface area contributed by atoms with Crippen LogP contribution < -0.4 is 0 Å². The summed E-state index contributed by atoms with van der Waals surface area (Å²) in [4.78, 5) is 0. The van der Waals surface area contributed by atoms with Crippen molar-refractivity contribution in [3.63, 3.8) is 0 Å². The molecule has 0 spiro atoms. The Kier molecular flexibility index (Phi) is 3.24. The van der Waals surface area contributed by atoms with Crippen molar-refractivity contribution < 1.29 is 4.39 Å². The van der Waals surface area contributed by atoms with Crippen molar-refractivity contribution in [3.8, 4) is 0 Å². The van der Waals surface area contributed by atoms with Crippen molar-refractivity contribution in [2.75, 3.05) is 0 Å². The summed E-state index contributed by atoms with van der Waals surface area (Å²) in [6.45, 7) is 7.93. The minimum absolute atomic E-state index is 0.161. The lowest BCUT2D eigenvalue weighted by Gasteiger charge is -2.11. The first-order valence-electron chi connectivity index (χ1n) is 4.49. The molecule has 0 radical (unpaired) electrons. The van der Waals surface area contributed by atoms with E-state index in [9.17, 15) is 4.39 Å². The summed E-state index contributed by atoms with van der Waals surface area (Å²) in [5.74, 6) is 0.194. The van der Waals surface area contributed by atoms with Gasteiger partial charge in [0.05, 0.1) is 0 Å². The van der Waals surface area contributed by atoms with E-state index >= 15 is 0 Å². The molecule has 1 heteroatoms. The van der Waals surface area contributed by atoms with Gasteiger partial charge in [0, 0.05) is 0 Å². The van der Waals surface area contributed by atoms with Gasteiger partial charge in [0.1, 0.15) is 5.82 Å². The molecule has 13 heavy (non-hydrogen) atoms. The third-order valence-corrected chi connectivity index (χ3v) is 2.07. The van der Waals surface area contributed by atoms with E-state index in [2.05, 4.69) is 13.5 Å². The van der Waals surface area contributed by atoms with Crippen LogP contribution in [0.4, 0.5) is 4.39 Å². The van der Waals surface area contributed by atoms with E-state index in [1.807, 2.05) is 13.0 Å². The molecule has 0 nitrogen and oxygen atoms in total. The van der Waals surface area contributed by atoms with E-state index in [4.69, 9.17) is 0 Å². The van der Waals surface area contributed by atoms with E-state index in [1.165, 1.54) is 6.07 Å². The maximum atomic E-state index is 12.8. The molecule has 0 aliphatic rings. The lowest BCUT2D eigenvalue weighted by atomic mass is 9.95. The standard InChI is InChI=1S/C12H15F/c1-9(2)7-10(3)11-5-4-6-12(13)8-11/h4-6,8,10H,1,7H2,2-3H3. The number of halogens is 1. The monoisotopic (exact) mass is 178 g/mol. The molecule has 0 bridgehead atoms. The second-order valence-corrected chi connectivity index (χ2v) is 3.62. The van der Waals surface area contributed by atoms with Gasteiger partial charge in [-0.25, -0.2) is 4.39 Å². The summed E-state index contributed by atoms with van der Waals surface area (Å²) < 4.78 is 12.8. The number of hydrogen-bond acceptors (Lipinski definition) is 0. The quantitative estimate of drug-likeness (QED) is 0.616. The third-order valence-electron chi connectivity index (χ3n) is 2.07. The fourth-order valence-corrected chi connectivity index (χ4v) is 1.45. The van der Waals surface area contributed by atoms with Gasteiger partial charge in [0.25, 0.3) is 0 Å². The normalized spacial score (nSPS) is 12.5. The molecule has 1 aromatic carbocycles.